The van der Waals surface area contributed by atoms with Crippen LogP contribution in [0, 0.1) is 0 Å². The number of hydrogen-bond acceptors (Lipinski definition) is 4. The van der Waals surface area contributed by atoms with E-state index < -0.39 is 0 Å². The molecule has 0 atom stereocenters. The Labute approximate surface area is 172 Å². The summed E-state index contributed by atoms with van der Waals surface area (Å²) in [4.78, 5) is 26.8. The molecule has 0 spiro atoms. The minimum absolute atomic E-state index is 0.0168. The number of benzene rings is 2. The third kappa shape index (κ3) is 5.98. The van der Waals surface area contributed by atoms with Gasteiger partial charge in [0.1, 0.15) is 0 Å². The fourth-order valence-electron chi connectivity index (χ4n) is 2.84. The first-order valence-electron chi connectivity index (χ1n) is 10.1. The molecule has 29 heavy (non-hydrogen) atoms. The summed E-state index contributed by atoms with van der Waals surface area (Å²) in [7, 11) is 0. The van der Waals surface area contributed by atoms with Crippen LogP contribution in [0.15, 0.2) is 42.5 Å². The lowest BCUT2D eigenvalue weighted by atomic mass is 10.1. The summed E-state index contributed by atoms with van der Waals surface area (Å²) in [6.45, 7) is 10.2. The predicted octanol–water partition coefficient (Wildman–Crippen LogP) is 4.61. The Morgan fingerprint density at radius 3 is 2.10 bits per heavy atom. The normalized spacial score (nSPS) is 10.3. The Hall–Kier alpha value is -3.02. The standard InChI is InChI=1S/C23H30N2O4/c1-5-15-29-20-14-11-18(16-21(20)28-8-4)22(26)24-19-12-9-17(10-13-19)23(27)25(6-2)7-3/h9-14,16H,5-8,15H2,1-4H3,(H,24,26). The Morgan fingerprint density at radius 1 is 0.862 bits per heavy atom. The highest BCUT2D eigenvalue weighted by Crippen LogP contribution is 2.29. The minimum Gasteiger partial charge on any atom is -0.490 e. The van der Waals surface area contributed by atoms with Gasteiger partial charge in [-0.3, -0.25) is 9.59 Å². The number of amides is 2. The van der Waals surface area contributed by atoms with Crippen LogP contribution in [0.25, 0.3) is 0 Å². The molecule has 0 aliphatic rings. The molecule has 0 heterocycles. The SMILES string of the molecule is CCCOc1ccc(C(=O)Nc2ccc(C(=O)N(CC)CC)cc2)cc1OCC. The molecule has 2 aromatic carbocycles. The Kier molecular flexibility index (Phi) is 8.52. The van der Waals surface area contributed by atoms with Crippen molar-refractivity contribution < 1.29 is 19.1 Å². The van der Waals surface area contributed by atoms with Gasteiger partial charge in [-0.1, -0.05) is 6.92 Å². The second-order valence-corrected chi connectivity index (χ2v) is 6.45. The molecule has 2 aromatic rings. The van der Waals surface area contributed by atoms with E-state index in [1.165, 1.54) is 0 Å². The third-order valence-corrected chi connectivity index (χ3v) is 4.41. The fourth-order valence-corrected chi connectivity index (χ4v) is 2.84. The van der Waals surface area contributed by atoms with Crippen LogP contribution in [0.5, 0.6) is 11.5 Å². The van der Waals surface area contributed by atoms with Crippen LogP contribution in [-0.2, 0) is 0 Å². The van der Waals surface area contributed by atoms with Crippen molar-refractivity contribution in [1.29, 1.82) is 0 Å². The number of nitrogens with zero attached hydrogens (tertiary/aromatic N) is 1. The minimum atomic E-state index is -0.254. The number of nitrogens with one attached hydrogen (secondary N) is 1. The van der Waals surface area contributed by atoms with E-state index in [0.29, 0.717) is 54.6 Å². The van der Waals surface area contributed by atoms with Crippen molar-refractivity contribution in [2.75, 3.05) is 31.6 Å². The van der Waals surface area contributed by atoms with Crippen LogP contribution < -0.4 is 14.8 Å². The van der Waals surface area contributed by atoms with Crippen LogP contribution in [0.3, 0.4) is 0 Å². The molecule has 0 aromatic heterocycles. The van der Waals surface area contributed by atoms with Crippen LogP contribution in [0.4, 0.5) is 5.69 Å². The highest BCUT2D eigenvalue weighted by Gasteiger charge is 2.14. The molecule has 0 unspecified atom stereocenters. The summed E-state index contributed by atoms with van der Waals surface area (Å²) >= 11 is 0. The highest BCUT2D eigenvalue weighted by molar-refractivity contribution is 6.05. The fraction of sp³-hybridized carbons (Fsp3) is 0.391. The van der Waals surface area contributed by atoms with Gasteiger partial charge in [0.05, 0.1) is 13.2 Å². The first-order chi connectivity index (χ1) is 14.0. The largest absolute Gasteiger partial charge is 0.490 e. The molecule has 0 saturated heterocycles. The second-order valence-electron chi connectivity index (χ2n) is 6.45. The summed E-state index contributed by atoms with van der Waals surface area (Å²) in [6.07, 6.45) is 0.889. The van der Waals surface area contributed by atoms with E-state index >= 15 is 0 Å². The van der Waals surface area contributed by atoms with Crippen molar-refractivity contribution >= 4 is 17.5 Å². The molecule has 156 valence electrons. The molecule has 0 fully saturated rings. The van der Waals surface area contributed by atoms with Crippen molar-refractivity contribution in [3.05, 3.63) is 53.6 Å². The van der Waals surface area contributed by atoms with Crippen molar-refractivity contribution in [2.24, 2.45) is 0 Å². The van der Waals surface area contributed by atoms with Crippen molar-refractivity contribution in [2.45, 2.75) is 34.1 Å². The Bertz CT molecular complexity index is 814. The van der Waals surface area contributed by atoms with E-state index in [4.69, 9.17) is 9.47 Å². The van der Waals surface area contributed by atoms with E-state index in [-0.39, 0.29) is 11.8 Å². The molecule has 6 nitrogen and oxygen atoms in total. The second kappa shape index (κ2) is 11.1. The zero-order chi connectivity index (χ0) is 21.2. The van der Waals surface area contributed by atoms with Crippen LogP contribution in [0.2, 0.25) is 0 Å². The van der Waals surface area contributed by atoms with Crippen molar-refractivity contribution in [1.82, 2.24) is 4.90 Å². The Morgan fingerprint density at radius 2 is 1.52 bits per heavy atom. The summed E-state index contributed by atoms with van der Waals surface area (Å²) in [5.74, 6) is 0.908. The molecule has 0 bridgehead atoms. The topological polar surface area (TPSA) is 67.9 Å². The zero-order valence-corrected chi connectivity index (χ0v) is 17.7. The number of anilines is 1. The molecular formula is C23H30N2O4. The summed E-state index contributed by atoms with van der Waals surface area (Å²) in [5, 5.41) is 2.85. The lowest BCUT2D eigenvalue weighted by Gasteiger charge is -2.18. The number of rotatable bonds is 10. The number of ether oxygens (including phenoxy) is 2. The Balaban J connectivity index is 2.11. The molecule has 0 saturated carbocycles. The van der Waals surface area contributed by atoms with Gasteiger partial charge in [0, 0.05) is 29.9 Å². The van der Waals surface area contributed by atoms with Gasteiger partial charge in [-0.25, -0.2) is 0 Å². The lowest BCUT2D eigenvalue weighted by molar-refractivity contribution is 0.0773. The summed E-state index contributed by atoms with van der Waals surface area (Å²) in [6, 6.07) is 12.1. The average molecular weight is 399 g/mol. The number of carbonyl (C=O) groups is 2. The number of carbonyl (C=O) groups excluding carboxylic acids is 2. The zero-order valence-electron chi connectivity index (χ0n) is 17.7. The molecule has 0 aliphatic carbocycles. The van der Waals surface area contributed by atoms with Gasteiger partial charge in [0.2, 0.25) is 0 Å². The van der Waals surface area contributed by atoms with E-state index in [1.807, 2.05) is 27.7 Å². The summed E-state index contributed by atoms with van der Waals surface area (Å²) in [5.41, 5.74) is 1.69. The van der Waals surface area contributed by atoms with Gasteiger partial charge < -0.3 is 19.7 Å². The van der Waals surface area contributed by atoms with Gasteiger partial charge in [0.25, 0.3) is 11.8 Å². The highest BCUT2D eigenvalue weighted by atomic mass is 16.5. The molecular weight excluding hydrogens is 368 g/mol. The van der Waals surface area contributed by atoms with Crippen LogP contribution in [-0.4, -0.2) is 43.0 Å². The van der Waals surface area contributed by atoms with Gasteiger partial charge in [-0.05, 0) is 69.7 Å². The van der Waals surface area contributed by atoms with E-state index in [0.717, 1.165) is 6.42 Å². The molecule has 6 heteroatoms. The maximum atomic E-state index is 12.6. The van der Waals surface area contributed by atoms with Gasteiger partial charge >= 0.3 is 0 Å². The van der Waals surface area contributed by atoms with E-state index in [9.17, 15) is 9.59 Å². The molecule has 0 aliphatic heterocycles. The third-order valence-electron chi connectivity index (χ3n) is 4.41. The lowest BCUT2D eigenvalue weighted by Crippen LogP contribution is -2.30. The molecule has 1 N–H and O–H groups in total. The van der Waals surface area contributed by atoms with Gasteiger partial charge in [-0.15, -0.1) is 0 Å². The van der Waals surface area contributed by atoms with E-state index in [1.54, 1.807) is 47.4 Å². The smallest absolute Gasteiger partial charge is 0.255 e. The molecule has 2 rings (SSSR count). The maximum Gasteiger partial charge on any atom is 0.255 e. The van der Waals surface area contributed by atoms with Crippen LogP contribution in [0.1, 0.15) is 54.8 Å². The first-order valence-corrected chi connectivity index (χ1v) is 10.1. The summed E-state index contributed by atoms with van der Waals surface area (Å²) < 4.78 is 11.3. The monoisotopic (exact) mass is 398 g/mol. The van der Waals surface area contributed by atoms with E-state index in [2.05, 4.69) is 5.32 Å². The predicted molar refractivity (Wildman–Crippen MR) is 115 cm³/mol. The maximum absolute atomic E-state index is 12.6. The van der Waals surface area contributed by atoms with Gasteiger partial charge in [-0.2, -0.15) is 0 Å². The molecule has 0 radical (unpaired) electrons. The number of hydrogen-bond donors (Lipinski definition) is 1. The average Bonchev–Trinajstić information content (AvgIpc) is 2.74. The quantitative estimate of drug-likeness (QED) is 0.635. The molecule has 2 amide bonds. The van der Waals surface area contributed by atoms with Crippen molar-refractivity contribution in [3.8, 4) is 11.5 Å². The van der Waals surface area contributed by atoms with Crippen molar-refractivity contribution in [3.63, 3.8) is 0 Å². The van der Waals surface area contributed by atoms with Gasteiger partial charge in [0.15, 0.2) is 11.5 Å². The van der Waals surface area contributed by atoms with Crippen LogP contribution >= 0.6 is 0 Å². The first kappa shape index (κ1) is 22.3.